The van der Waals surface area contributed by atoms with Crippen molar-refractivity contribution >= 4 is 23.6 Å². The van der Waals surface area contributed by atoms with E-state index in [1.807, 2.05) is 0 Å². The fourth-order valence-corrected chi connectivity index (χ4v) is 3.28. The molecule has 0 spiro atoms. The van der Waals surface area contributed by atoms with Gasteiger partial charge in [-0.05, 0) is 0 Å². The largest absolute Gasteiger partial charge is 0.480 e. The Morgan fingerprint density at radius 3 is 3.00 bits per heavy atom. The zero-order valence-electron chi connectivity index (χ0n) is 11.0. The topological polar surface area (TPSA) is 102 Å². The average Bonchev–Trinajstić information content (AvgIpc) is 2.96. The summed E-state index contributed by atoms with van der Waals surface area (Å²) in [5.41, 5.74) is -0.500. The minimum atomic E-state index is -1.15. The van der Waals surface area contributed by atoms with Gasteiger partial charge in [-0.2, -0.15) is 0 Å². The van der Waals surface area contributed by atoms with Gasteiger partial charge in [-0.3, -0.25) is 14.2 Å². The van der Waals surface area contributed by atoms with Crippen molar-refractivity contribution in [1.29, 1.82) is 0 Å². The first-order chi connectivity index (χ1) is 10.1. The van der Waals surface area contributed by atoms with E-state index in [1.165, 1.54) is 27.4 Å². The van der Waals surface area contributed by atoms with E-state index in [0.29, 0.717) is 11.7 Å². The third-order valence-corrected chi connectivity index (χ3v) is 4.43. The van der Waals surface area contributed by atoms with Crippen molar-refractivity contribution in [3.05, 3.63) is 22.1 Å². The Hall–Kier alpha value is -1.87. The Morgan fingerprint density at radius 2 is 2.24 bits per heavy atom. The Kier molecular flexibility index (Phi) is 3.68. The lowest BCUT2D eigenvalue weighted by Crippen LogP contribution is -2.53. The number of carboxylic acid groups (broad SMARTS) is 1. The summed E-state index contributed by atoms with van der Waals surface area (Å²) in [5, 5.41) is 9.74. The summed E-state index contributed by atoms with van der Waals surface area (Å²) < 4.78 is 6.54. The van der Waals surface area contributed by atoms with Crippen LogP contribution >= 0.6 is 11.8 Å². The van der Waals surface area contributed by atoms with Crippen molar-refractivity contribution in [3.63, 3.8) is 0 Å². The summed E-state index contributed by atoms with van der Waals surface area (Å²) in [6.07, 6.45) is 1.24. The van der Waals surface area contributed by atoms with Gasteiger partial charge in [0, 0.05) is 25.0 Å². The molecular formula is C12H13N3O5S. The van der Waals surface area contributed by atoms with Crippen LogP contribution in [-0.2, 0) is 16.1 Å². The second kappa shape index (κ2) is 5.49. The molecule has 0 aromatic carbocycles. The highest BCUT2D eigenvalue weighted by atomic mass is 32.2. The molecule has 0 radical (unpaired) electrons. The van der Waals surface area contributed by atoms with Gasteiger partial charge in [-0.15, -0.1) is 0 Å². The molecule has 112 valence electrons. The number of fused-ring (bicyclic) bond motifs is 1. The summed E-state index contributed by atoms with van der Waals surface area (Å²) >= 11 is 1.46. The van der Waals surface area contributed by atoms with Crippen LogP contribution in [0.2, 0.25) is 0 Å². The van der Waals surface area contributed by atoms with E-state index in [9.17, 15) is 14.4 Å². The van der Waals surface area contributed by atoms with Crippen molar-refractivity contribution < 1.29 is 19.4 Å². The maximum Gasteiger partial charge on any atom is 0.328 e. The van der Waals surface area contributed by atoms with Crippen LogP contribution in [-0.4, -0.2) is 63.0 Å². The van der Waals surface area contributed by atoms with Crippen molar-refractivity contribution in [2.24, 2.45) is 0 Å². The van der Waals surface area contributed by atoms with Crippen molar-refractivity contribution in [2.75, 3.05) is 25.5 Å². The fraction of sp³-hybridized carbons (Fsp3) is 0.500. The number of morpholine rings is 1. The lowest BCUT2D eigenvalue weighted by atomic mass is 10.2. The zero-order valence-corrected chi connectivity index (χ0v) is 11.8. The van der Waals surface area contributed by atoms with Crippen LogP contribution < -0.4 is 5.56 Å². The Balaban J connectivity index is 1.95. The maximum absolute atomic E-state index is 12.5. The monoisotopic (exact) mass is 311 g/mol. The van der Waals surface area contributed by atoms with Gasteiger partial charge in [0.2, 0.25) is 0 Å². The molecule has 1 N–H and O–H groups in total. The van der Waals surface area contributed by atoms with Crippen LogP contribution in [0.3, 0.4) is 0 Å². The molecule has 3 rings (SSSR count). The minimum absolute atomic E-state index is 0.0728. The van der Waals surface area contributed by atoms with Crippen LogP contribution in [0.1, 0.15) is 10.4 Å². The first-order valence-corrected chi connectivity index (χ1v) is 7.42. The van der Waals surface area contributed by atoms with Gasteiger partial charge in [-0.1, -0.05) is 11.8 Å². The first kappa shape index (κ1) is 14.1. The van der Waals surface area contributed by atoms with Gasteiger partial charge in [0.15, 0.2) is 11.2 Å². The number of aliphatic carboxylic acids is 1. The summed E-state index contributed by atoms with van der Waals surface area (Å²) in [4.78, 5) is 41.3. The van der Waals surface area contributed by atoms with E-state index < -0.39 is 23.5 Å². The number of thioether (sulfide) groups is 1. The molecule has 1 unspecified atom stereocenters. The van der Waals surface area contributed by atoms with Gasteiger partial charge < -0.3 is 14.7 Å². The van der Waals surface area contributed by atoms with Gasteiger partial charge >= 0.3 is 5.97 Å². The van der Waals surface area contributed by atoms with E-state index in [-0.39, 0.29) is 25.3 Å². The molecule has 2 aliphatic heterocycles. The van der Waals surface area contributed by atoms with Crippen molar-refractivity contribution in [1.82, 2.24) is 14.5 Å². The SMILES string of the molecule is O=C(O)C1COCCN1C(=O)c1cnc2n(c1=O)CCS2. The first-order valence-electron chi connectivity index (χ1n) is 6.44. The highest BCUT2D eigenvalue weighted by Crippen LogP contribution is 2.21. The summed E-state index contributed by atoms with van der Waals surface area (Å²) in [6, 6.07) is -1.07. The number of rotatable bonds is 2. The van der Waals surface area contributed by atoms with Gasteiger partial charge in [0.25, 0.3) is 11.5 Å². The average molecular weight is 311 g/mol. The molecule has 8 nitrogen and oxygen atoms in total. The molecule has 9 heteroatoms. The molecule has 0 saturated carbocycles. The molecule has 1 amide bonds. The number of nitrogens with zero attached hydrogens (tertiary/aromatic N) is 3. The molecule has 1 aromatic heterocycles. The third kappa shape index (κ3) is 2.42. The number of amides is 1. The number of ether oxygens (including phenoxy) is 1. The van der Waals surface area contributed by atoms with E-state index in [0.717, 1.165) is 5.75 Å². The smallest absolute Gasteiger partial charge is 0.328 e. The van der Waals surface area contributed by atoms with E-state index in [1.54, 1.807) is 0 Å². The summed E-state index contributed by atoms with van der Waals surface area (Å²) in [5.74, 6) is -1.00. The van der Waals surface area contributed by atoms with Gasteiger partial charge in [-0.25, -0.2) is 9.78 Å². The third-order valence-electron chi connectivity index (χ3n) is 3.46. The highest BCUT2D eigenvalue weighted by molar-refractivity contribution is 7.99. The zero-order chi connectivity index (χ0) is 15.0. The summed E-state index contributed by atoms with van der Waals surface area (Å²) in [7, 11) is 0. The molecule has 1 atom stereocenters. The molecular weight excluding hydrogens is 298 g/mol. The van der Waals surface area contributed by atoms with E-state index >= 15 is 0 Å². The number of carboxylic acids is 1. The normalized spacial score (nSPS) is 21.1. The molecule has 1 fully saturated rings. The predicted molar refractivity (Wildman–Crippen MR) is 72.5 cm³/mol. The van der Waals surface area contributed by atoms with Crippen LogP contribution in [0.4, 0.5) is 0 Å². The Morgan fingerprint density at radius 1 is 1.43 bits per heavy atom. The second-order valence-corrected chi connectivity index (χ2v) is 5.75. The van der Waals surface area contributed by atoms with Crippen LogP contribution in [0.25, 0.3) is 0 Å². The lowest BCUT2D eigenvalue weighted by molar-refractivity contribution is -0.147. The lowest BCUT2D eigenvalue weighted by Gasteiger charge is -2.32. The number of hydrogen-bond acceptors (Lipinski definition) is 6. The standard InChI is InChI=1S/C12H13N3O5S/c16-9(14-1-3-20-6-8(14)11(18)19)7-5-13-12-15(10(7)17)2-4-21-12/h5,8H,1-4,6H2,(H,18,19). The summed E-state index contributed by atoms with van der Waals surface area (Å²) in [6.45, 7) is 0.839. The molecule has 1 saturated heterocycles. The molecule has 1 aromatic rings. The molecule has 2 aliphatic rings. The molecule has 3 heterocycles. The van der Waals surface area contributed by atoms with E-state index in [2.05, 4.69) is 4.98 Å². The number of hydrogen-bond donors (Lipinski definition) is 1. The Bertz CT molecular complexity index is 659. The maximum atomic E-state index is 12.5. The van der Waals surface area contributed by atoms with Gasteiger partial charge in [0.1, 0.15) is 5.56 Å². The number of carbonyl (C=O) groups excluding carboxylic acids is 1. The number of aromatic nitrogens is 2. The minimum Gasteiger partial charge on any atom is -0.480 e. The predicted octanol–water partition coefficient (Wildman–Crippen LogP) is -0.725. The van der Waals surface area contributed by atoms with Crippen molar-refractivity contribution in [3.8, 4) is 0 Å². The molecule has 21 heavy (non-hydrogen) atoms. The highest BCUT2D eigenvalue weighted by Gasteiger charge is 2.35. The number of carbonyl (C=O) groups is 2. The van der Waals surface area contributed by atoms with Gasteiger partial charge in [0.05, 0.1) is 13.2 Å². The quantitative estimate of drug-likeness (QED) is 0.719. The van der Waals surface area contributed by atoms with Crippen LogP contribution in [0.5, 0.6) is 0 Å². The molecule has 0 bridgehead atoms. The second-order valence-electron chi connectivity index (χ2n) is 4.69. The molecule has 0 aliphatic carbocycles. The fourth-order valence-electron chi connectivity index (χ4n) is 2.37. The van der Waals surface area contributed by atoms with Crippen molar-refractivity contribution in [2.45, 2.75) is 17.7 Å². The van der Waals surface area contributed by atoms with Crippen LogP contribution in [0, 0.1) is 0 Å². The van der Waals surface area contributed by atoms with Crippen LogP contribution in [0.15, 0.2) is 16.1 Å². The Labute approximate surface area is 123 Å². The van der Waals surface area contributed by atoms with E-state index in [4.69, 9.17) is 9.84 Å².